The van der Waals surface area contributed by atoms with Crippen LogP contribution in [0.2, 0.25) is 0 Å². The van der Waals surface area contributed by atoms with Crippen LogP contribution in [0.15, 0.2) is 47.6 Å². The Balaban J connectivity index is 2.05. The predicted molar refractivity (Wildman–Crippen MR) is 99.7 cm³/mol. The Bertz CT molecular complexity index is 899. The number of hydrogen-bond donors (Lipinski definition) is 1. The van der Waals surface area contributed by atoms with E-state index in [9.17, 15) is 10.0 Å². The number of hydrogen-bond acceptors (Lipinski definition) is 4. The highest BCUT2D eigenvalue weighted by Gasteiger charge is 2.19. The van der Waals surface area contributed by atoms with Gasteiger partial charge in [-0.1, -0.05) is 49.7 Å². The van der Waals surface area contributed by atoms with E-state index in [1.165, 1.54) is 0 Å². The minimum absolute atomic E-state index is 0.0862. The molecule has 3 rings (SSSR count). The van der Waals surface area contributed by atoms with Gasteiger partial charge in [-0.2, -0.15) is 0 Å². The fourth-order valence-corrected chi connectivity index (χ4v) is 3.08. The lowest BCUT2D eigenvalue weighted by Gasteiger charge is -2.14. The van der Waals surface area contributed by atoms with Gasteiger partial charge in [-0.15, -0.1) is 4.91 Å². The highest BCUT2D eigenvalue weighted by atomic mass is 16.5. The number of aromatic nitrogens is 1. The molecule has 5 heteroatoms. The number of unbranched alkanes of at least 4 members (excludes halogenated alkanes) is 1. The molecule has 0 aliphatic heterocycles. The average Bonchev–Trinajstić information content (AvgIpc) is 2.89. The zero-order valence-corrected chi connectivity index (χ0v) is 14.5. The molecule has 0 saturated heterocycles. The number of aryl methyl sites for hydroxylation is 1. The van der Waals surface area contributed by atoms with Gasteiger partial charge in [0.25, 0.3) is 0 Å². The molecule has 0 amide bonds. The summed E-state index contributed by atoms with van der Waals surface area (Å²) in [6, 6.07) is 13.4. The van der Waals surface area contributed by atoms with Crippen molar-refractivity contribution < 1.29 is 9.84 Å². The number of rotatable bonds is 7. The molecule has 0 radical (unpaired) electrons. The lowest BCUT2D eigenvalue weighted by atomic mass is 10.1. The molecule has 3 aromatic rings. The SMILES string of the molecule is CCCCOc1ccccc1Cn1c(O)c(N=O)c2cccc(C)c21. The third-order valence-electron chi connectivity index (χ3n) is 4.38. The molecule has 130 valence electrons. The lowest BCUT2D eigenvalue weighted by Crippen LogP contribution is -2.04. The lowest BCUT2D eigenvalue weighted by molar-refractivity contribution is 0.305. The Labute approximate surface area is 146 Å². The minimum Gasteiger partial charge on any atom is -0.493 e. The smallest absolute Gasteiger partial charge is 0.222 e. The van der Waals surface area contributed by atoms with Crippen LogP contribution in [0.1, 0.15) is 30.9 Å². The Morgan fingerprint density at radius 1 is 1.16 bits per heavy atom. The molecule has 1 aromatic heterocycles. The minimum atomic E-state index is -0.109. The number of nitroso groups, excluding NO2 is 1. The van der Waals surface area contributed by atoms with Gasteiger partial charge in [0.1, 0.15) is 5.75 Å². The maximum atomic E-state index is 11.2. The summed E-state index contributed by atoms with van der Waals surface area (Å²) in [6.07, 6.45) is 2.06. The van der Waals surface area contributed by atoms with Gasteiger partial charge < -0.3 is 14.4 Å². The zero-order chi connectivity index (χ0) is 17.8. The van der Waals surface area contributed by atoms with E-state index in [1.54, 1.807) is 10.6 Å². The van der Waals surface area contributed by atoms with Crippen LogP contribution in [0.25, 0.3) is 10.9 Å². The first-order valence-electron chi connectivity index (χ1n) is 8.52. The van der Waals surface area contributed by atoms with E-state index in [-0.39, 0.29) is 11.6 Å². The molecular weight excluding hydrogens is 316 g/mol. The van der Waals surface area contributed by atoms with Gasteiger partial charge >= 0.3 is 0 Å². The number of benzene rings is 2. The van der Waals surface area contributed by atoms with Crippen LogP contribution in [0.4, 0.5) is 5.69 Å². The van der Waals surface area contributed by atoms with E-state index in [4.69, 9.17) is 4.74 Å². The van der Waals surface area contributed by atoms with Crippen LogP contribution in [-0.4, -0.2) is 16.3 Å². The fraction of sp³-hybridized carbons (Fsp3) is 0.300. The number of fused-ring (bicyclic) bond motifs is 1. The summed E-state index contributed by atoms with van der Waals surface area (Å²) in [7, 11) is 0. The van der Waals surface area contributed by atoms with Crippen molar-refractivity contribution >= 4 is 16.6 Å². The molecule has 0 saturated carbocycles. The maximum absolute atomic E-state index is 11.2. The normalized spacial score (nSPS) is 11.0. The van der Waals surface area contributed by atoms with Crippen molar-refractivity contribution in [2.24, 2.45) is 5.18 Å². The Morgan fingerprint density at radius 3 is 2.72 bits per heavy atom. The molecule has 0 bridgehead atoms. The molecule has 0 fully saturated rings. The van der Waals surface area contributed by atoms with Gasteiger partial charge in [-0.3, -0.25) is 0 Å². The van der Waals surface area contributed by atoms with Crippen molar-refractivity contribution in [1.82, 2.24) is 4.57 Å². The fourth-order valence-electron chi connectivity index (χ4n) is 3.08. The van der Waals surface area contributed by atoms with Gasteiger partial charge in [0.2, 0.25) is 5.88 Å². The van der Waals surface area contributed by atoms with E-state index in [2.05, 4.69) is 12.1 Å². The molecule has 5 nitrogen and oxygen atoms in total. The summed E-state index contributed by atoms with van der Waals surface area (Å²) in [5, 5.41) is 14.2. The predicted octanol–water partition coefficient (Wildman–Crippen LogP) is 5.28. The summed E-state index contributed by atoms with van der Waals surface area (Å²) >= 11 is 0. The van der Waals surface area contributed by atoms with Gasteiger partial charge in [0, 0.05) is 10.9 Å². The molecule has 0 unspecified atom stereocenters. The van der Waals surface area contributed by atoms with Crippen molar-refractivity contribution in [3.05, 3.63) is 58.5 Å². The zero-order valence-electron chi connectivity index (χ0n) is 14.5. The molecule has 2 aromatic carbocycles. The first-order valence-corrected chi connectivity index (χ1v) is 8.52. The van der Waals surface area contributed by atoms with Crippen molar-refractivity contribution in [3.63, 3.8) is 0 Å². The Hall–Kier alpha value is -2.82. The Kier molecular flexibility index (Phi) is 5.03. The third-order valence-corrected chi connectivity index (χ3v) is 4.38. The van der Waals surface area contributed by atoms with E-state index < -0.39 is 0 Å². The summed E-state index contributed by atoms with van der Waals surface area (Å²) in [6.45, 7) is 5.14. The van der Waals surface area contributed by atoms with Crippen molar-refractivity contribution in [2.45, 2.75) is 33.2 Å². The summed E-state index contributed by atoms with van der Waals surface area (Å²) in [5.74, 6) is 0.689. The first kappa shape index (κ1) is 17.0. The highest BCUT2D eigenvalue weighted by molar-refractivity contribution is 5.96. The number of para-hydroxylation sites is 2. The number of aromatic hydroxyl groups is 1. The van der Waals surface area contributed by atoms with E-state index in [0.717, 1.165) is 35.2 Å². The number of ether oxygens (including phenoxy) is 1. The van der Waals surface area contributed by atoms with Crippen LogP contribution < -0.4 is 4.74 Å². The average molecular weight is 338 g/mol. The standard InChI is InChI=1S/C20H22N2O3/c1-3-4-12-25-17-11-6-5-9-15(17)13-22-19-14(2)8-7-10-16(19)18(21-24)20(22)23/h5-11,23H,3-4,12-13H2,1-2H3. The summed E-state index contributed by atoms with van der Waals surface area (Å²) in [4.78, 5) is 11.2. The third kappa shape index (κ3) is 3.22. The molecular formula is C20H22N2O3. The van der Waals surface area contributed by atoms with Crippen LogP contribution in [0.3, 0.4) is 0 Å². The van der Waals surface area contributed by atoms with E-state index in [1.807, 2.05) is 43.3 Å². The van der Waals surface area contributed by atoms with Gasteiger partial charge in [-0.05, 0) is 30.2 Å². The molecule has 0 atom stereocenters. The highest BCUT2D eigenvalue weighted by Crippen LogP contribution is 2.40. The second-order valence-electron chi connectivity index (χ2n) is 6.13. The summed E-state index contributed by atoms with van der Waals surface area (Å²) < 4.78 is 7.61. The van der Waals surface area contributed by atoms with Crippen LogP contribution in [-0.2, 0) is 6.54 Å². The quantitative estimate of drug-likeness (QED) is 0.471. The van der Waals surface area contributed by atoms with E-state index in [0.29, 0.717) is 18.5 Å². The van der Waals surface area contributed by atoms with Gasteiger partial charge in [0.15, 0.2) is 5.69 Å². The van der Waals surface area contributed by atoms with Crippen molar-refractivity contribution in [1.29, 1.82) is 0 Å². The Morgan fingerprint density at radius 2 is 1.96 bits per heavy atom. The van der Waals surface area contributed by atoms with Crippen LogP contribution in [0, 0.1) is 11.8 Å². The van der Waals surface area contributed by atoms with Crippen molar-refractivity contribution in [3.8, 4) is 11.6 Å². The second kappa shape index (κ2) is 7.38. The maximum Gasteiger partial charge on any atom is 0.222 e. The summed E-state index contributed by atoms with van der Waals surface area (Å²) in [5.41, 5.74) is 2.83. The van der Waals surface area contributed by atoms with Crippen LogP contribution in [0.5, 0.6) is 11.6 Å². The topological polar surface area (TPSA) is 63.8 Å². The molecule has 25 heavy (non-hydrogen) atoms. The van der Waals surface area contributed by atoms with Gasteiger partial charge in [-0.25, -0.2) is 0 Å². The second-order valence-corrected chi connectivity index (χ2v) is 6.13. The largest absolute Gasteiger partial charge is 0.493 e. The van der Waals surface area contributed by atoms with Gasteiger partial charge in [0.05, 0.1) is 18.7 Å². The van der Waals surface area contributed by atoms with Crippen LogP contribution >= 0.6 is 0 Å². The van der Waals surface area contributed by atoms with E-state index >= 15 is 0 Å². The molecule has 1 heterocycles. The molecule has 1 N–H and O–H groups in total. The molecule has 0 aliphatic carbocycles. The monoisotopic (exact) mass is 338 g/mol. The first-order chi connectivity index (χ1) is 12.2. The number of nitrogens with zero attached hydrogens (tertiary/aromatic N) is 2. The molecule has 0 spiro atoms. The van der Waals surface area contributed by atoms with Crippen molar-refractivity contribution in [2.75, 3.05) is 6.61 Å². The molecule has 0 aliphatic rings.